The zero-order chi connectivity index (χ0) is 20.8. The molecule has 0 aliphatic heterocycles. The van der Waals surface area contributed by atoms with E-state index in [0.717, 1.165) is 6.29 Å². The quantitative estimate of drug-likeness (QED) is 0.259. The molecule has 0 bridgehead atoms. The van der Waals surface area contributed by atoms with Gasteiger partial charge in [-0.05, 0) is 13.8 Å². The third-order valence-corrected chi connectivity index (χ3v) is 4.05. The van der Waals surface area contributed by atoms with Gasteiger partial charge in [0.05, 0.1) is 57.2 Å². The van der Waals surface area contributed by atoms with E-state index in [1.165, 1.54) is 0 Å². The van der Waals surface area contributed by atoms with Crippen molar-refractivity contribution in [3.63, 3.8) is 0 Å². The van der Waals surface area contributed by atoms with Gasteiger partial charge in [-0.25, -0.2) is 0 Å². The van der Waals surface area contributed by atoms with Crippen LogP contribution >= 0.6 is 0 Å². The molecule has 0 aromatic carbocycles. The Morgan fingerprint density at radius 1 is 1.00 bits per heavy atom. The molecule has 0 aliphatic rings. The van der Waals surface area contributed by atoms with Gasteiger partial charge in [0.2, 0.25) is 0 Å². The molecule has 158 valence electrons. The Kier molecular flexibility index (Phi) is 13.3. The first-order valence-electron chi connectivity index (χ1n) is 9.32. The highest BCUT2D eigenvalue weighted by Crippen LogP contribution is 2.20. The largest absolute Gasteiger partial charge is 0.396 e. The van der Waals surface area contributed by atoms with E-state index >= 15 is 0 Å². The SMILES string of the molecule is CCC(=O)CCOCC(CO)(COCCC=O)COCCC(=O)C(C)(C)N. The van der Waals surface area contributed by atoms with Gasteiger partial charge in [0.15, 0.2) is 5.78 Å². The predicted molar refractivity (Wildman–Crippen MR) is 100 cm³/mol. The highest BCUT2D eigenvalue weighted by Gasteiger charge is 2.31. The summed E-state index contributed by atoms with van der Waals surface area (Å²) in [7, 11) is 0. The molecule has 0 spiro atoms. The lowest BCUT2D eigenvalue weighted by molar-refractivity contribution is -0.126. The number of aliphatic hydroxyl groups is 1. The molecule has 1 unspecified atom stereocenters. The van der Waals surface area contributed by atoms with Crippen molar-refractivity contribution in [2.24, 2.45) is 11.1 Å². The normalized spacial score (nSPS) is 14.0. The lowest BCUT2D eigenvalue weighted by Crippen LogP contribution is -2.43. The Labute approximate surface area is 161 Å². The Bertz CT molecular complexity index is 448. The second-order valence-electron chi connectivity index (χ2n) is 7.31. The monoisotopic (exact) mass is 389 g/mol. The van der Waals surface area contributed by atoms with Crippen LogP contribution in [-0.2, 0) is 28.6 Å². The number of Topliss-reactive ketones (excluding diaryl/α,β-unsaturated/α-hetero) is 2. The molecule has 0 aliphatic carbocycles. The van der Waals surface area contributed by atoms with E-state index in [4.69, 9.17) is 19.9 Å². The minimum absolute atomic E-state index is 0.103. The summed E-state index contributed by atoms with van der Waals surface area (Å²) < 4.78 is 16.6. The molecule has 0 amide bonds. The summed E-state index contributed by atoms with van der Waals surface area (Å²) in [5.74, 6) is -0.0142. The summed E-state index contributed by atoms with van der Waals surface area (Å²) in [4.78, 5) is 33.6. The maximum atomic E-state index is 11.8. The van der Waals surface area contributed by atoms with Crippen LogP contribution in [0.3, 0.4) is 0 Å². The third kappa shape index (κ3) is 12.0. The number of carbonyl (C=O) groups excluding carboxylic acids is 3. The van der Waals surface area contributed by atoms with Crippen molar-refractivity contribution in [2.75, 3.05) is 46.2 Å². The van der Waals surface area contributed by atoms with Gasteiger partial charge in [-0.1, -0.05) is 6.92 Å². The van der Waals surface area contributed by atoms with Crippen molar-refractivity contribution < 1.29 is 33.7 Å². The first kappa shape index (κ1) is 25.8. The number of aliphatic hydroxyl groups excluding tert-OH is 1. The summed E-state index contributed by atoms with van der Waals surface area (Å²) in [6.07, 6.45) is 1.95. The second-order valence-corrected chi connectivity index (χ2v) is 7.31. The number of ketones is 2. The lowest BCUT2D eigenvalue weighted by Gasteiger charge is -2.31. The summed E-state index contributed by atoms with van der Waals surface area (Å²) in [5.41, 5.74) is 4.00. The van der Waals surface area contributed by atoms with Gasteiger partial charge in [0.25, 0.3) is 0 Å². The molecule has 0 radical (unpaired) electrons. The number of carbonyl (C=O) groups is 3. The average Bonchev–Trinajstić information content (AvgIpc) is 2.63. The Morgan fingerprint density at radius 2 is 1.52 bits per heavy atom. The van der Waals surface area contributed by atoms with Crippen molar-refractivity contribution in [1.29, 1.82) is 0 Å². The van der Waals surface area contributed by atoms with Gasteiger partial charge in [0, 0.05) is 25.7 Å². The molecule has 8 nitrogen and oxygen atoms in total. The van der Waals surface area contributed by atoms with Gasteiger partial charge in [0.1, 0.15) is 12.1 Å². The van der Waals surface area contributed by atoms with E-state index < -0.39 is 11.0 Å². The van der Waals surface area contributed by atoms with E-state index in [2.05, 4.69) is 0 Å². The predicted octanol–water partition coefficient (Wildman–Crippen LogP) is 0.670. The molecule has 0 aromatic heterocycles. The Balaban J connectivity index is 4.56. The van der Waals surface area contributed by atoms with E-state index in [1.54, 1.807) is 20.8 Å². The van der Waals surface area contributed by atoms with Crippen molar-refractivity contribution in [3.8, 4) is 0 Å². The molecule has 1 atom stereocenters. The van der Waals surface area contributed by atoms with Crippen LogP contribution in [0, 0.1) is 5.41 Å². The van der Waals surface area contributed by atoms with Gasteiger partial charge in [-0.15, -0.1) is 0 Å². The summed E-state index contributed by atoms with van der Waals surface area (Å²) in [5, 5.41) is 9.86. The molecule has 0 aromatic rings. The standard InChI is InChI=1S/C19H35NO7/c1-4-16(23)6-10-26-14-19(12-22,13-25-9-5-8-21)15-27-11-7-17(24)18(2,3)20/h8,22H,4-7,9-15,20H2,1-3H3. The van der Waals surface area contributed by atoms with Crippen LogP contribution in [0.1, 0.15) is 46.5 Å². The van der Waals surface area contributed by atoms with Gasteiger partial charge in [-0.2, -0.15) is 0 Å². The molecular formula is C19H35NO7. The molecule has 0 fully saturated rings. The van der Waals surface area contributed by atoms with Crippen LogP contribution in [0.25, 0.3) is 0 Å². The number of hydrogen-bond donors (Lipinski definition) is 2. The minimum Gasteiger partial charge on any atom is -0.396 e. The molecule has 3 N–H and O–H groups in total. The topological polar surface area (TPSA) is 125 Å². The second kappa shape index (κ2) is 13.9. The van der Waals surface area contributed by atoms with Crippen LogP contribution < -0.4 is 5.73 Å². The van der Waals surface area contributed by atoms with Gasteiger partial charge >= 0.3 is 0 Å². The first-order chi connectivity index (χ1) is 12.7. The van der Waals surface area contributed by atoms with Crippen LogP contribution in [0.2, 0.25) is 0 Å². The van der Waals surface area contributed by atoms with E-state index in [-0.39, 0.29) is 70.7 Å². The molecule has 8 heteroatoms. The van der Waals surface area contributed by atoms with Crippen LogP contribution in [-0.4, -0.2) is 74.7 Å². The highest BCUT2D eigenvalue weighted by molar-refractivity contribution is 5.87. The number of nitrogens with two attached hydrogens (primary N) is 1. The van der Waals surface area contributed by atoms with Crippen molar-refractivity contribution in [3.05, 3.63) is 0 Å². The maximum absolute atomic E-state index is 11.8. The third-order valence-electron chi connectivity index (χ3n) is 4.05. The van der Waals surface area contributed by atoms with E-state index in [1.807, 2.05) is 0 Å². The minimum atomic E-state index is -0.912. The molecule has 0 saturated heterocycles. The highest BCUT2D eigenvalue weighted by atomic mass is 16.5. The lowest BCUT2D eigenvalue weighted by atomic mass is 9.92. The smallest absolute Gasteiger partial charge is 0.154 e. The van der Waals surface area contributed by atoms with Crippen LogP contribution in [0.5, 0.6) is 0 Å². The molecule has 27 heavy (non-hydrogen) atoms. The number of aldehydes is 1. The van der Waals surface area contributed by atoms with Crippen molar-refractivity contribution in [2.45, 2.75) is 52.0 Å². The Morgan fingerprint density at radius 3 is 1.96 bits per heavy atom. The number of hydrogen-bond acceptors (Lipinski definition) is 8. The maximum Gasteiger partial charge on any atom is 0.154 e. The van der Waals surface area contributed by atoms with Gasteiger partial charge < -0.3 is 29.8 Å². The summed E-state index contributed by atoms with van der Waals surface area (Å²) >= 11 is 0. The first-order valence-corrected chi connectivity index (χ1v) is 9.32. The molecule has 0 saturated carbocycles. The van der Waals surface area contributed by atoms with Crippen molar-refractivity contribution >= 4 is 17.9 Å². The fourth-order valence-corrected chi connectivity index (χ4v) is 2.11. The van der Waals surface area contributed by atoms with E-state index in [9.17, 15) is 19.5 Å². The summed E-state index contributed by atoms with van der Waals surface area (Å²) in [6, 6.07) is 0. The average molecular weight is 389 g/mol. The van der Waals surface area contributed by atoms with Crippen LogP contribution in [0.4, 0.5) is 0 Å². The molecular weight excluding hydrogens is 354 g/mol. The van der Waals surface area contributed by atoms with Crippen molar-refractivity contribution in [1.82, 2.24) is 0 Å². The van der Waals surface area contributed by atoms with E-state index in [0.29, 0.717) is 12.8 Å². The zero-order valence-electron chi connectivity index (χ0n) is 16.8. The fourth-order valence-electron chi connectivity index (χ4n) is 2.11. The molecule has 0 rings (SSSR count). The van der Waals surface area contributed by atoms with Gasteiger partial charge in [-0.3, -0.25) is 9.59 Å². The molecule has 0 heterocycles. The Hall–Kier alpha value is -1.19. The summed E-state index contributed by atoms with van der Waals surface area (Å²) in [6.45, 7) is 5.86. The fraction of sp³-hybridized carbons (Fsp3) is 0.842. The number of rotatable bonds is 18. The van der Waals surface area contributed by atoms with Crippen LogP contribution in [0.15, 0.2) is 0 Å². The number of ether oxygens (including phenoxy) is 3. The zero-order valence-corrected chi connectivity index (χ0v) is 16.8.